The molecule has 0 amide bonds. The molecule has 118 valence electrons. The molecule has 2 N–H and O–H groups in total. The minimum atomic E-state index is 0.373. The Bertz CT molecular complexity index is 460. The van der Waals surface area contributed by atoms with Gasteiger partial charge in [0.1, 0.15) is 0 Å². The summed E-state index contributed by atoms with van der Waals surface area (Å²) >= 11 is 0. The molecule has 0 aliphatic carbocycles. The van der Waals surface area contributed by atoms with Gasteiger partial charge in [-0.05, 0) is 44.2 Å². The molecule has 0 aliphatic heterocycles. The summed E-state index contributed by atoms with van der Waals surface area (Å²) < 4.78 is 0. The summed E-state index contributed by atoms with van der Waals surface area (Å²) in [4.78, 5) is 8.76. The summed E-state index contributed by atoms with van der Waals surface area (Å²) in [5.41, 5.74) is 2.44. The summed E-state index contributed by atoms with van der Waals surface area (Å²) in [6.45, 7) is 11.7. The zero-order chi connectivity index (χ0) is 15.9. The van der Waals surface area contributed by atoms with Crippen LogP contribution >= 0.6 is 0 Å². The molecule has 0 fully saturated rings. The van der Waals surface area contributed by atoms with Crippen molar-refractivity contribution in [3.05, 3.63) is 29.6 Å². The SMILES string of the molecule is CN=C(NCc1cccc(C)n1)NC(C)CCC(C)(C)C. The summed E-state index contributed by atoms with van der Waals surface area (Å²) in [5.74, 6) is 0.833. The van der Waals surface area contributed by atoms with Crippen molar-refractivity contribution in [2.45, 2.75) is 60.0 Å². The molecule has 4 nitrogen and oxygen atoms in total. The van der Waals surface area contributed by atoms with Crippen molar-refractivity contribution < 1.29 is 0 Å². The normalized spacial score (nSPS) is 13.9. The second kappa shape index (κ2) is 8.01. The molecule has 0 spiro atoms. The van der Waals surface area contributed by atoms with E-state index in [-0.39, 0.29) is 0 Å². The van der Waals surface area contributed by atoms with Crippen LogP contribution in [0.25, 0.3) is 0 Å². The second-order valence-corrected chi connectivity index (χ2v) is 6.84. The fraction of sp³-hybridized carbons (Fsp3) is 0.647. The quantitative estimate of drug-likeness (QED) is 0.646. The Morgan fingerprint density at radius 3 is 2.62 bits per heavy atom. The Balaban J connectivity index is 2.42. The zero-order valence-corrected chi connectivity index (χ0v) is 14.3. The maximum atomic E-state index is 4.48. The van der Waals surface area contributed by atoms with E-state index in [0.717, 1.165) is 23.8 Å². The molecule has 1 rings (SSSR count). The fourth-order valence-electron chi connectivity index (χ4n) is 2.02. The molecular weight excluding hydrogens is 260 g/mol. The van der Waals surface area contributed by atoms with Gasteiger partial charge in [0, 0.05) is 18.8 Å². The molecule has 0 radical (unpaired) electrons. The van der Waals surface area contributed by atoms with Gasteiger partial charge in [-0.2, -0.15) is 0 Å². The number of aryl methyl sites for hydroxylation is 1. The first kappa shape index (κ1) is 17.5. The van der Waals surface area contributed by atoms with Crippen molar-refractivity contribution in [1.82, 2.24) is 15.6 Å². The number of hydrogen-bond donors (Lipinski definition) is 2. The molecular formula is C17H30N4. The summed E-state index contributed by atoms with van der Waals surface area (Å²) in [6.07, 6.45) is 2.32. The zero-order valence-electron chi connectivity index (χ0n) is 14.3. The van der Waals surface area contributed by atoms with E-state index in [2.05, 4.69) is 48.3 Å². The Kier molecular flexibility index (Phi) is 6.66. The van der Waals surface area contributed by atoms with Gasteiger partial charge < -0.3 is 10.6 Å². The number of aliphatic imine (C=N–C) groups is 1. The van der Waals surface area contributed by atoms with E-state index in [9.17, 15) is 0 Å². The summed E-state index contributed by atoms with van der Waals surface area (Å²) in [6, 6.07) is 6.46. The van der Waals surface area contributed by atoms with E-state index < -0.39 is 0 Å². The average molecular weight is 290 g/mol. The van der Waals surface area contributed by atoms with Crippen molar-refractivity contribution in [2.75, 3.05) is 7.05 Å². The Morgan fingerprint density at radius 2 is 2.05 bits per heavy atom. The lowest BCUT2D eigenvalue weighted by Crippen LogP contribution is -2.42. The van der Waals surface area contributed by atoms with Crippen LogP contribution in [0.15, 0.2) is 23.2 Å². The van der Waals surface area contributed by atoms with Crippen LogP contribution in [0.2, 0.25) is 0 Å². The number of rotatable bonds is 5. The maximum absolute atomic E-state index is 4.48. The first-order valence-electron chi connectivity index (χ1n) is 7.70. The highest BCUT2D eigenvalue weighted by molar-refractivity contribution is 5.79. The summed E-state index contributed by atoms with van der Waals surface area (Å²) in [5, 5.41) is 6.75. The molecule has 0 bridgehead atoms. The molecule has 1 aromatic rings. The highest BCUT2D eigenvalue weighted by atomic mass is 15.2. The molecule has 0 saturated heterocycles. The van der Waals surface area contributed by atoms with Crippen molar-refractivity contribution in [2.24, 2.45) is 10.4 Å². The van der Waals surface area contributed by atoms with Crippen LogP contribution in [0.1, 0.15) is 51.9 Å². The van der Waals surface area contributed by atoms with Gasteiger partial charge in [0.15, 0.2) is 5.96 Å². The Hall–Kier alpha value is -1.58. The number of aromatic nitrogens is 1. The first-order valence-corrected chi connectivity index (χ1v) is 7.70. The fourth-order valence-corrected chi connectivity index (χ4v) is 2.02. The summed E-state index contributed by atoms with van der Waals surface area (Å²) in [7, 11) is 1.80. The van der Waals surface area contributed by atoms with Gasteiger partial charge in [-0.15, -0.1) is 0 Å². The van der Waals surface area contributed by atoms with Gasteiger partial charge in [0.25, 0.3) is 0 Å². The van der Waals surface area contributed by atoms with Crippen LogP contribution in [0.4, 0.5) is 0 Å². The number of nitrogens with zero attached hydrogens (tertiary/aromatic N) is 2. The van der Waals surface area contributed by atoms with Crippen molar-refractivity contribution in [1.29, 1.82) is 0 Å². The maximum Gasteiger partial charge on any atom is 0.191 e. The van der Waals surface area contributed by atoms with Gasteiger partial charge in [0.2, 0.25) is 0 Å². The largest absolute Gasteiger partial charge is 0.354 e. The van der Waals surface area contributed by atoms with Gasteiger partial charge >= 0.3 is 0 Å². The van der Waals surface area contributed by atoms with Gasteiger partial charge in [0.05, 0.1) is 12.2 Å². The lowest BCUT2D eigenvalue weighted by molar-refractivity contribution is 0.346. The van der Waals surface area contributed by atoms with E-state index in [1.54, 1.807) is 7.05 Å². The van der Waals surface area contributed by atoms with Crippen LogP contribution in [0.5, 0.6) is 0 Å². The topological polar surface area (TPSA) is 49.3 Å². The highest BCUT2D eigenvalue weighted by Crippen LogP contribution is 2.21. The minimum absolute atomic E-state index is 0.373. The van der Waals surface area contributed by atoms with E-state index in [0.29, 0.717) is 18.0 Å². The Morgan fingerprint density at radius 1 is 1.33 bits per heavy atom. The number of pyridine rings is 1. The van der Waals surface area contributed by atoms with Crippen molar-refractivity contribution >= 4 is 5.96 Å². The lowest BCUT2D eigenvalue weighted by Gasteiger charge is -2.23. The van der Waals surface area contributed by atoms with E-state index in [1.807, 2.05) is 25.1 Å². The number of nitrogens with one attached hydrogen (secondary N) is 2. The first-order chi connectivity index (χ1) is 9.80. The molecule has 0 aromatic carbocycles. The second-order valence-electron chi connectivity index (χ2n) is 6.84. The molecule has 1 unspecified atom stereocenters. The molecule has 21 heavy (non-hydrogen) atoms. The standard InChI is InChI=1S/C17H30N4/c1-13-8-7-9-15(20-13)12-19-16(18-6)21-14(2)10-11-17(3,4)5/h7-9,14H,10-12H2,1-6H3,(H2,18,19,21). The average Bonchev–Trinajstić information content (AvgIpc) is 2.40. The van der Waals surface area contributed by atoms with E-state index >= 15 is 0 Å². The molecule has 0 saturated carbocycles. The van der Waals surface area contributed by atoms with Crippen LogP contribution in [-0.2, 0) is 6.54 Å². The van der Waals surface area contributed by atoms with Crippen LogP contribution in [0, 0.1) is 12.3 Å². The molecule has 1 atom stereocenters. The van der Waals surface area contributed by atoms with Crippen molar-refractivity contribution in [3.63, 3.8) is 0 Å². The monoisotopic (exact) mass is 290 g/mol. The van der Waals surface area contributed by atoms with Crippen LogP contribution in [0.3, 0.4) is 0 Å². The number of guanidine groups is 1. The van der Waals surface area contributed by atoms with Crippen LogP contribution < -0.4 is 10.6 Å². The van der Waals surface area contributed by atoms with E-state index in [4.69, 9.17) is 0 Å². The molecule has 0 aliphatic rings. The molecule has 1 aromatic heterocycles. The van der Waals surface area contributed by atoms with Gasteiger partial charge in [-0.3, -0.25) is 9.98 Å². The van der Waals surface area contributed by atoms with Crippen LogP contribution in [-0.4, -0.2) is 24.0 Å². The third kappa shape index (κ3) is 7.69. The van der Waals surface area contributed by atoms with Gasteiger partial charge in [-0.1, -0.05) is 26.8 Å². The molecule has 1 heterocycles. The highest BCUT2D eigenvalue weighted by Gasteiger charge is 2.13. The predicted molar refractivity (Wildman–Crippen MR) is 90.5 cm³/mol. The third-order valence-electron chi connectivity index (χ3n) is 3.32. The van der Waals surface area contributed by atoms with E-state index in [1.165, 1.54) is 6.42 Å². The Labute approximate surface area is 129 Å². The third-order valence-corrected chi connectivity index (χ3v) is 3.32. The molecule has 4 heteroatoms. The predicted octanol–water partition coefficient (Wildman–Crippen LogP) is 3.27. The smallest absolute Gasteiger partial charge is 0.191 e. The number of hydrogen-bond acceptors (Lipinski definition) is 2. The lowest BCUT2D eigenvalue weighted by atomic mass is 9.89. The van der Waals surface area contributed by atoms with Crippen molar-refractivity contribution in [3.8, 4) is 0 Å². The minimum Gasteiger partial charge on any atom is -0.354 e. The van der Waals surface area contributed by atoms with Gasteiger partial charge in [-0.25, -0.2) is 0 Å².